The number of likely N-dealkylation sites (N-methyl/N-ethyl adjacent to an activating group) is 1. The third-order valence-electron chi connectivity index (χ3n) is 4.73. The van der Waals surface area contributed by atoms with E-state index in [0.29, 0.717) is 18.4 Å². The summed E-state index contributed by atoms with van der Waals surface area (Å²) >= 11 is 0. The SMILES string of the molecule is CCCOc1cc(C(C#N)N2CCN(C)C(CC)C2)ccc1OC. The molecular weight excluding hydrogens is 302 g/mol. The Kier molecular flexibility index (Phi) is 6.89. The summed E-state index contributed by atoms with van der Waals surface area (Å²) < 4.78 is 11.2. The van der Waals surface area contributed by atoms with Crippen LogP contribution < -0.4 is 9.47 Å². The summed E-state index contributed by atoms with van der Waals surface area (Å²) in [7, 11) is 3.80. The predicted octanol–water partition coefficient (Wildman–Crippen LogP) is 3.07. The zero-order chi connectivity index (χ0) is 17.5. The van der Waals surface area contributed by atoms with E-state index in [-0.39, 0.29) is 6.04 Å². The molecule has 0 saturated carbocycles. The van der Waals surface area contributed by atoms with Gasteiger partial charge in [-0.1, -0.05) is 19.9 Å². The molecule has 0 N–H and O–H groups in total. The van der Waals surface area contributed by atoms with Crippen LogP contribution in [0.5, 0.6) is 11.5 Å². The van der Waals surface area contributed by atoms with Gasteiger partial charge >= 0.3 is 0 Å². The van der Waals surface area contributed by atoms with E-state index in [1.165, 1.54) is 0 Å². The Hall–Kier alpha value is -1.77. The molecule has 0 aromatic heterocycles. The second-order valence-corrected chi connectivity index (χ2v) is 6.33. The van der Waals surface area contributed by atoms with Gasteiger partial charge in [0.25, 0.3) is 0 Å². The Morgan fingerprint density at radius 1 is 1.29 bits per heavy atom. The van der Waals surface area contributed by atoms with E-state index in [2.05, 4.69) is 36.8 Å². The van der Waals surface area contributed by atoms with Crippen molar-refractivity contribution in [2.45, 2.75) is 38.8 Å². The molecule has 0 aliphatic carbocycles. The van der Waals surface area contributed by atoms with Crippen LogP contribution >= 0.6 is 0 Å². The number of nitrogens with zero attached hydrogens (tertiary/aromatic N) is 3. The largest absolute Gasteiger partial charge is 0.493 e. The molecule has 5 heteroatoms. The highest BCUT2D eigenvalue weighted by Gasteiger charge is 2.29. The predicted molar refractivity (Wildman–Crippen MR) is 95.4 cm³/mol. The Morgan fingerprint density at radius 2 is 2.08 bits per heavy atom. The molecule has 2 unspecified atom stereocenters. The first-order valence-electron chi connectivity index (χ1n) is 8.79. The highest BCUT2D eigenvalue weighted by Crippen LogP contribution is 2.33. The lowest BCUT2D eigenvalue weighted by Gasteiger charge is -2.41. The van der Waals surface area contributed by atoms with Crippen molar-refractivity contribution < 1.29 is 9.47 Å². The Balaban J connectivity index is 2.22. The van der Waals surface area contributed by atoms with Gasteiger partial charge in [0.05, 0.1) is 19.8 Å². The summed E-state index contributed by atoms with van der Waals surface area (Å²) in [6, 6.07) is 8.57. The molecule has 1 saturated heterocycles. The summed E-state index contributed by atoms with van der Waals surface area (Å²) in [6.45, 7) is 7.74. The van der Waals surface area contributed by atoms with E-state index in [9.17, 15) is 5.26 Å². The van der Waals surface area contributed by atoms with Crippen LogP contribution in [-0.2, 0) is 0 Å². The summed E-state index contributed by atoms with van der Waals surface area (Å²) in [6.07, 6.45) is 2.03. The lowest BCUT2D eigenvalue weighted by molar-refractivity contribution is 0.0772. The molecule has 132 valence electrons. The number of benzene rings is 1. The normalized spacial score (nSPS) is 20.4. The molecule has 1 fully saturated rings. The molecule has 0 amide bonds. The molecule has 2 atom stereocenters. The van der Waals surface area contributed by atoms with Crippen LogP contribution in [0.15, 0.2) is 18.2 Å². The van der Waals surface area contributed by atoms with Gasteiger partial charge in [0, 0.05) is 25.7 Å². The van der Waals surface area contributed by atoms with Crippen molar-refractivity contribution in [3.63, 3.8) is 0 Å². The van der Waals surface area contributed by atoms with Crippen molar-refractivity contribution in [1.29, 1.82) is 5.26 Å². The lowest BCUT2D eigenvalue weighted by atomic mass is 10.0. The Bertz CT molecular complexity index is 570. The van der Waals surface area contributed by atoms with Gasteiger partial charge in [-0.2, -0.15) is 5.26 Å². The number of methoxy groups -OCH3 is 1. The number of rotatable bonds is 7. The monoisotopic (exact) mass is 331 g/mol. The minimum Gasteiger partial charge on any atom is -0.493 e. The fourth-order valence-electron chi connectivity index (χ4n) is 3.20. The van der Waals surface area contributed by atoms with Crippen LogP contribution in [-0.4, -0.2) is 56.2 Å². The molecule has 0 bridgehead atoms. The third kappa shape index (κ3) is 4.19. The molecule has 1 heterocycles. The summed E-state index contributed by atoms with van der Waals surface area (Å²) in [4.78, 5) is 4.66. The fourth-order valence-corrected chi connectivity index (χ4v) is 3.20. The number of hydrogen-bond acceptors (Lipinski definition) is 5. The Labute approximate surface area is 145 Å². The third-order valence-corrected chi connectivity index (χ3v) is 4.73. The maximum absolute atomic E-state index is 9.77. The lowest BCUT2D eigenvalue weighted by Crippen LogP contribution is -2.51. The molecule has 1 aromatic rings. The second kappa shape index (κ2) is 8.91. The van der Waals surface area contributed by atoms with E-state index >= 15 is 0 Å². The van der Waals surface area contributed by atoms with Crippen molar-refractivity contribution >= 4 is 0 Å². The summed E-state index contributed by atoms with van der Waals surface area (Å²) in [5.41, 5.74) is 0.976. The minimum atomic E-state index is -0.248. The van der Waals surface area contributed by atoms with Crippen LogP contribution in [0.1, 0.15) is 38.3 Å². The molecule has 1 aromatic carbocycles. The van der Waals surface area contributed by atoms with Gasteiger partial charge in [-0.15, -0.1) is 0 Å². The highest BCUT2D eigenvalue weighted by atomic mass is 16.5. The van der Waals surface area contributed by atoms with Gasteiger partial charge in [-0.3, -0.25) is 4.90 Å². The molecule has 0 spiro atoms. The molecule has 1 aliphatic rings. The molecule has 5 nitrogen and oxygen atoms in total. The smallest absolute Gasteiger partial charge is 0.161 e. The number of ether oxygens (including phenoxy) is 2. The van der Waals surface area contributed by atoms with Gasteiger partial charge in [0.2, 0.25) is 0 Å². The number of nitriles is 1. The van der Waals surface area contributed by atoms with Crippen molar-refractivity contribution in [2.24, 2.45) is 0 Å². The maximum atomic E-state index is 9.77. The van der Waals surface area contributed by atoms with Crippen LogP contribution in [0.2, 0.25) is 0 Å². The van der Waals surface area contributed by atoms with Gasteiger partial charge in [-0.25, -0.2) is 0 Å². The maximum Gasteiger partial charge on any atom is 0.161 e. The van der Waals surface area contributed by atoms with Crippen LogP contribution in [0.4, 0.5) is 0 Å². The van der Waals surface area contributed by atoms with E-state index < -0.39 is 0 Å². The average molecular weight is 331 g/mol. The van der Waals surface area contributed by atoms with Gasteiger partial charge < -0.3 is 14.4 Å². The van der Waals surface area contributed by atoms with Crippen molar-refractivity contribution in [3.8, 4) is 17.6 Å². The average Bonchev–Trinajstić information content (AvgIpc) is 2.62. The molecule has 1 aliphatic heterocycles. The van der Waals surface area contributed by atoms with E-state index in [1.807, 2.05) is 18.2 Å². The number of piperazine rings is 1. The zero-order valence-electron chi connectivity index (χ0n) is 15.3. The standard InChI is InChI=1S/C19H29N3O2/c1-5-11-24-19-12-15(7-8-18(19)23-4)17(13-20)22-10-9-21(3)16(6-2)14-22/h7-8,12,16-17H,5-6,9-11,14H2,1-4H3. The van der Waals surface area contributed by atoms with E-state index in [4.69, 9.17) is 9.47 Å². The topological polar surface area (TPSA) is 48.7 Å². The minimum absolute atomic E-state index is 0.248. The highest BCUT2D eigenvalue weighted by molar-refractivity contribution is 5.45. The summed E-state index contributed by atoms with van der Waals surface area (Å²) in [5, 5.41) is 9.77. The molecule has 0 radical (unpaired) electrons. The van der Waals surface area contributed by atoms with Crippen molar-refractivity contribution in [2.75, 3.05) is 40.4 Å². The van der Waals surface area contributed by atoms with Crippen LogP contribution in [0.25, 0.3) is 0 Å². The molecular formula is C19H29N3O2. The van der Waals surface area contributed by atoms with Crippen LogP contribution in [0.3, 0.4) is 0 Å². The van der Waals surface area contributed by atoms with E-state index in [0.717, 1.165) is 43.8 Å². The first-order valence-corrected chi connectivity index (χ1v) is 8.79. The quantitative estimate of drug-likeness (QED) is 0.768. The Morgan fingerprint density at radius 3 is 2.71 bits per heavy atom. The number of hydrogen-bond donors (Lipinski definition) is 0. The molecule has 24 heavy (non-hydrogen) atoms. The second-order valence-electron chi connectivity index (χ2n) is 6.33. The molecule has 2 rings (SSSR count). The first-order chi connectivity index (χ1) is 11.6. The van der Waals surface area contributed by atoms with Crippen molar-refractivity contribution in [1.82, 2.24) is 9.80 Å². The van der Waals surface area contributed by atoms with Gasteiger partial charge in [0.1, 0.15) is 6.04 Å². The van der Waals surface area contributed by atoms with Crippen LogP contribution in [0, 0.1) is 11.3 Å². The summed E-state index contributed by atoms with van der Waals surface area (Å²) in [5.74, 6) is 1.44. The zero-order valence-corrected chi connectivity index (χ0v) is 15.3. The fraction of sp³-hybridized carbons (Fsp3) is 0.632. The van der Waals surface area contributed by atoms with Gasteiger partial charge in [-0.05, 0) is 37.6 Å². The van der Waals surface area contributed by atoms with E-state index in [1.54, 1.807) is 7.11 Å². The first kappa shape index (κ1) is 18.6. The van der Waals surface area contributed by atoms with Crippen molar-refractivity contribution in [3.05, 3.63) is 23.8 Å². The van der Waals surface area contributed by atoms with Gasteiger partial charge in [0.15, 0.2) is 11.5 Å².